The fraction of sp³-hybridized carbons (Fsp3) is 0.941. The largest absolute Gasteiger partial charge is 0.356 e. The highest BCUT2D eigenvalue weighted by Gasteiger charge is 2.33. The highest BCUT2D eigenvalue weighted by molar-refractivity contribution is 5.76. The maximum absolute atomic E-state index is 12.2. The quantitative estimate of drug-likeness (QED) is 0.858. The van der Waals surface area contributed by atoms with Crippen molar-refractivity contribution in [3.8, 4) is 0 Å². The monoisotopic (exact) mass is 280 g/mol. The number of piperidine rings is 1. The van der Waals surface area contributed by atoms with E-state index < -0.39 is 0 Å². The lowest BCUT2D eigenvalue weighted by atomic mass is 9.67. The van der Waals surface area contributed by atoms with Crippen LogP contribution >= 0.6 is 0 Å². The van der Waals surface area contributed by atoms with E-state index in [4.69, 9.17) is 0 Å². The summed E-state index contributed by atoms with van der Waals surface area (Å²) in [5.74, 6) is 1.55. The van der Waals surface area contributed by atoms with Gasteiger partial charge in [-0.25, -0.2) is 0 Å². The lowest BCUT2D eigenvalue weighted by Crippen LogP contribution is -2.38. The van der Waals surface area contributed by atoms with Crippen molar-refractivity contribution >= 4 is 5.91 Å². The van der Waals surface area contributed by atoms with Crippen LogP contribution in [-0.2, 0) is 4.79 Å². The van der Waals surface area contributed by atoms with E-state index in [-0.39, 0.29) is 5.91 Å². The Morgan fingerprint density at radius 1 is 1.20 bits per heavy atom. The van der Waals surface area contributed by atoms with Gasteiger partial charge < -0.3 is 10.2 Å². The van der Waals surface area contributed by atoms with Crippen LogP contribution in [0.4, 0.5) is 0 Å². The summed E-state index contributed by atoms with van der Waals surface area (Å²) in [5, 5.41) is 3.19. The summed E-state index contributed by atoms with van der Waals surface area (Å²) in [6, 6.07) is 0. The van der Waals surface area contributed by atoms with E-state index in [1.165, 1.54) is 51.6 Å². The fourth-order valence-corrected chi connectivity index (χ4v) is 3.76. The third kappa shape index (κ3) is 4.47. The number of carbonyl (C=O) groups excluding carboxylic acids is 1. The molecule has 0 spiro atoms. The molecule has 1 saturated carbocycles. The SMILES string of the molecule is CN1CCC(CNC(=O)CC2CCCCC2(C)C)CC1. The molecular weight excluding hydrogens is 248 g/mol. The second-order valence-corrected chi connectivity index (χ2v) is 7.69. The molecule has 2 fully saturated rings. The van der Waals surface area contributed by atoms with Crippen LogP contribution in [-0.4, -0.2) is 37.5 Å². The molecule has 1 aliphatic heterocycles. The van der Waals surface area contributed by atoms with Crippen molar-refractivity contribution in [1.29, 1.82) is 0 Å². The van der Waals surface area contributed by atoms with E-state index in [1.807, 2.05) is 0 Å². The minimum Gasteiger partial charge on any atom is -0.356 e. The van der Waals surface area contributed by atoms with Crippen LogP contribution in [0.25, 0.3) is 0 Å². The second-order valence-electron chi connectivity index (χ2n) is 7.69. The van der Waals surface area contributed by atoms with Crippen LogP contribution < -0.4 is 5.32 Å². The van der Waals surface area contributed by atoms with Crippen LogP contribution in [0, 0.1) is 17.3 Å². The normalized spacial score (nSPS) is 28.2. The first kappa shape index (κ1) is 15.8. The maximum Gasteiger partial charge on any atom is 0.220 e. The zero-order chi connectivity index (χ0) is 14.6. The molecule has 3 nitrogen and oxygen atoms in total. The van der Waals surface area contributed by atoms with Crippen LogP contribution in [0.5, 0.6) is 0 Å². The summed E-state index contributed by atoms with van der Waals surface area (Å²) in [4.78, 5) is 14.6. The summed E-state index contributed by atoms with van der Waals surface area (Å²) < 4.78 is 0. The van der Waals surface area contributed by atoms with E-state index in [0.29, 0.717) is 17.3 Å². The topological polar surface area (TPSA) is 32.3 Å². The smallest absolute Gasteiger partial charge is 0.220 e. The Bertz CT molecular complexity index is 319. The molecule has 0 radical (unpaired) electrons. The van der Waals surface area contributed by atoms with Crippen molar-refractivity contribution in [2.45, 2.75) is 58.8 Å². The Balaban J connectivity index is 1.70. The number of amides is 1. The molecule has 0 aromatic rings. The number of hydrogen-bond donors (Lipinski definition) is 1. The van der Waals surface area contributed by atoms with E-state index >= 15 is 0 Å². The van der Waals surface area contributed by atoms with E-state index in [0.717, 1.165) is 13.0 Å². The minimum absolute atomic E-state index is 0.281. The van der Waals surface area contributed by atoms with Gasteiger partial charge in [-0.1, -0.05) is 26.7 Å². The van der Waals surface area contributed by atoms with Gasteiger partial charge >= 0.3 is 0 Å². The molecule has 20 heavy (non-hydrogen) atoms. The highest BCUT2D eigenvalue weighted by Crippen LogP contribution is 2.42. The zero-order valence-corrected chi connectivity index (χ0v) is 13.6. The van der Waals surface area contributed by atoms with Crippen LogP contribution in [0.3, 0.4) is 0 Å². The molecule has 116 valence electrons. The van der Waals surface area contributed by atoms with Crippen molar-refractivity contribution in [2.75, 3.05) is 26.7 Å². The Morgan fingerprint density at radius 2 is 1.90 bits per heavy atom. The Kier molecular flexibility index (Phi) is 5.48. The molecular formula is C17H32N2O. The molecule has 1 unspecified atom stereocenters. The molecule has 2 aliphatic rings. The summed E-state index contributed by atoms with van der Waals surface area (Å²) in [6.45, 7) is 7.91. The summed E-state index contributed by atoms with van der Waals surface area (Å²) in [5.41, 5.74) is 0.350. The first-order valence-electron chi connectivity index (χ1n) is 8.42. The van der Waals surface area contributed by atoms with Gasteiger partial charge in [0.05, 0.1) is 0 Å². The summed E-state index contributed by atoms with van der Waals surface area (Å²) in [6.07, 6.45) is 8.34. The fourth-order valence-electron chi connectivity index (χ4n) is 3.76. The molecule has 0 aromatic heterocycles. The lowest BCUT2D eigenvalue weighted by Gasteiger charge is -2.38. The van der Waals surface area contributed by atoms with Gasteiger partial charge in [0.25, 0.3) is 0 Å². The Hall–Kier alpha value is -0.570. The minimum atomic E-state index is 0.281. The molecule has 1 amide bonds. The highest BCUT2D eigenvalue weighted by atomic mass is 16.1. The van der Waals surface area contributed by atoms with Crippen molar-refractivity contribution in [3.05, 3.63) is 0 Å². The number of rotatable bonds is 4. The molecule has 3 heteroatoms. The van der Waals surface area contributed by atoms with Crippen molar-refractivity contribution in [1.82, 2.24) is 10.2 Å². The van der Waals surface area contributed by atoms with Crippen LogP contribution in [0.1, 0.15) is 58.8 Å². The molecule has 0 bridgehead atoms. The van der Waals surface area contributed by atoms with Gasteiger partial charge in [-0.15, -0.1) is 0 Å². The zero-order valence-electron chi connectivity index (χ0n) is 13.6. The van der Waals surface area contributed by atoms with Gasteiger partial charge in [0.2, 0.25) is 5.91 Å². The van der Waals surface area contributed by atoms with Gasteiger partial charge in [0.1, 0.15) is 0 Å². The van der Waals surface area contributed by atoms with Crippen molar-refractivity contribution in [2.24, 2.45) is 17.3 Å². The number of carbonyl (C=O) groups is 1. The van der Waals surface area contributed by atoms with Crippen LogP contribution in [0.2, 0.25) is 0 Å². The third-order valence-corrected chi connectivity index (χ3v) is 5.59. The third-order valence-electron chi connectivity index (χ3n) is 5.59. The Morgan fingerprint density at radius 3 is 2.55 bits per heavy atom. The molecule has 0 aromatic carbocycles. The van der Waals surface area contributed by atoms with Gasteiger partial charge in [-0.2, -0.15) is 0 Å². The van der Waals surface area contributed by atoms with E-state index in [9.17, 15) is 4.79 Å². The molecule has 2 rings (SSSR count). The number of likely N-dealkylation sites (tertiary alicyclic amines) is 1. The van der Waals surface area contributed by atoms with Gasteiger partial charge in [0.15, 0.2) is 0 Å². The van der Waals surface area contributed by atoms with Gasteiger partial charge in [-0.05, 0) is 63.1 Å². The molecule has 1 saturated heterocycles. The first-order valence-corrected chi connectivity index (χ1v) is 8.42. The average molecular weight is 280 g/mol. The summed E-state index contributed by atoms with van der Waals surface area (Å²) in [7, 11) is 2.18. The number of hydrogen-bond acceptors (Lipinski definition) is 2. The van der Waals surface area contributed by atoms with Crippen molar-refractivity contribution in [3.63, 3.8) is 0 Å². The Labute approximate surface area is 124 Å². The van der Waals surface area contributed by atoms with Crippen LogP contribution in [0.15, 0.2) is 0 Å². The lowest BCUT2D eigenvalue weighted by molar-refractivity contribution is -0.123. The van der Waals surface area contributed by atoms with Crippen molar-refractivity contribution < 1.29 is 4.79 Å². The molecule has 1 heterocycles. The van der Waals surface area contributed by atoms with Gasteiger partial charge in [-0.3, -0.25) is 4.79 Å². The van der Waals surface area contributed by atoms with E-state index in [2.05, 4.69) is 31.1 Å². The molecule has 1 atom stereocenters. The standard InChI is InChI=1S/C17H32N2O/c1-17(2)9-5-4-6-15(17)12-16(20)18-13-14-7-10-19(3)11-8-14/h14-15H,4-13H2,1-3H3,(H,18,20). The molecule has 1 N–H and O–H groups in total. The first-order chi connectivity index (χ1) is 9.47. The summed E-state index contributed by atoms with van der Waals surface area (Å²) >= 11 is 0. The predicted octanol–water partition coefficient (Wildman–Crippen LogP) is 3.05. The average Bonchev–Trinajstić information content (AvgIpc) is 2.40. The maximum atomic E-state index is 12.2. The number of nitrogens with one attached hydrogen (secondary N) is 1. The predicted molar refractivity (Wildman–Crippen MR) is 83.6 cm³/mol. The van der Waals surface area contributed by atoms with Gasteiger partial charge in [0, 0.05) is 13.0 Å². The number of nitrogens with zero attached hydrogens (tertiary/aromatic N) is 1. The second kappa shape index (κ2) is 6.93. The molecule has 1 aliphatic carbocycles. The van der Waals surface area contributed by atoms with E-state index in [1.54, 1.807) is 0 Å².